The highest BCUT2D eigenvalue weighted by atomic mass is 35.5. The van der Waals surface area contributed by atoms with Gasteiger partial charge in [0.2, 0.25) is 0 Å². The van der Waals surface area contributed by atoms with Gasteiger partial charge in [-0.25, -0.2) is 0 Å². The van der Waals surface area contributed by atoms with E-state index < -0.39 is 0 Å². The molecule has 1 aromatic carbocycles. The fourth-order valence-corrected chi connectivity index (χ4v) is 4.48. The van der Waals surface area contributed by atoms with E-state index in [4.69, 9.17) is 11.6 Å². The first kappa shape index (κ1) is 13.5. The van der Waals surface area contributed by atoms with Gasteiger partial charge in [-0.05, 0) is 68.5 Å². The highest BCUT2D eigenvalue weighted by molar-refractivity contribution is 6.31. The molecule has 2 fully saturated rings. The summed E-state index contributed by atoms with van der Waals surface area (Å²) in [5.41, 5.74) is 1.28. The molecule has 0 radical (unpaired) electrons. The maximum Gasteiger partial charge on any atom is 0.0438 e. The lowest BCUT2D eigenvalue weighted by Gasteiger charge is -2.26. The third-order valence-corrected chi connectivity index (χ3v) is 5.67. The number of likely N-dealkylation sites (N-methyl/N-ethyl adjacent to an activating group) is 1. The zero-order valence-electron chi connectivity index (χ0n) is 11.7. The molecule has 2 heteroatoms. The van der Waals surface area contributed by atoms with Gasteiger partial charge >= 0.3 is 0 Å². The molecule has 1 N–H and O–H groups in total. The summed E-state index contributed by atoms with van der Waals surface area (Å²) in [5.74, 6) is 3.03. The smallest absolute Gasteiger partial charge is 0.0438 e. The normalized spacial score (nSPS) is 30.7. The molecule has 2 bridgehead atoms. The Bertz CT molecular complexity index is 431. The lowest BCUT2D eigenvalue weighted by Crippen LogP contribution is -2.31. The first-order chi connectivity index (χ1) is 9.26. The Kier molecular flexibility index (Phi) is 4.14. The summed E-state index contributed by atoms with van der Waals surface area (Å²) in [4.78, 5) is 0. The molecule has 0 aromatic heterocycles. The van der Waals surface area contributed by atoms with Crippen LogP contribution < -0.4 is 5.32 Å². The maximum atomic E-state index is 6.28. The molecule has 19 heavy (non-hydrogen) atoms. The summed E-state index contributed by atoms with van der Waals surface area (Å²) in [7, 11) is 2.09. The minimum atomic E-state index is 0.573. The molecular formula is C17H24ClN. The highest BCUT2D eigenvalue weighted by Crippen LogP contribution is 2.50. The van der Waals surface area contributed by atoms with Crippen molar-refractivity contribution in [3.05, 3.63) is 34.9 Å². The van der Waals surface area contributed by atoms with E-state index in [-0.39, 0.29) is 0 Å². The van der Waals surface area contributed by atoms with Crippen molar-refractivity contribution in [2.75, 3.05) is 7.05 Å². The van der Waals surface area contributed by atoms with Crippen molar-refractivity contribution < 1.29 is 0 Å². The fourth-order valence-electron chi connectivity index (χ4n) is 4.26. The molecule has 1 nitrogen and oxygen atoms in total. The second-order valence-electron chi connectivity index (χ2n) is 6.45. The molecule has 0 saturated heterocycles. The largest absolute Gasteiger partial charge is 0.317 e. The SMILES string of the molecule is CNC(Cc1ccccc1Cl)CC1CC2CCC1C2. The monoisotopic (exact) mass is 277 g/mol. The average Bonchev–Trinajstić information content (AvgIpc) is 3.02. The Hall–Kier alpha value is -0.530. The number of halogens is 1. The van der Waals surface area contributed by atoms with E-state index in [9.17, 15) is 0 Å². The van der Waals surface area contributed by atoms with E-state index in [0.29, 0.717) is 6.04 Å². The first-order valence-electron chi connectivity index (χ1n) is 7.67. The van der Waals surface area contributed by atoms with E-state index in [1.54, 1.807) is 0 Å². The second kappa shape index (κ2) is 5.85. The van der Waals surface area contributed by atoms with Crippen molar-refractivity contribution in [3.63, 3.8) is 0 Å². The number of fused-ring (bicyclic) bond motifs is 2. The van der Waals surface area contributed by atoms with Gasteiger partial charge < -0.3 is 5.32 Å². The molecular weight excluding hydrogens is 254 g/mol. The van der Waals surface area contributed by atoms with E-state index >= 15 is 0 Å². The van der Waals surface area contributed by atoms with Crippen molar-refractivity contribution in [1.82, 2.24) is 5.32 Å². The summed E-state index contributed by atoms with van der Waals surface area (Å²) >= 11 is 6.28. The third kappa shape index (κ3) is 2.98. The molecule has 2 aliphatic rings. The lowest BCUT2D eigenvalue weighted by atomic mass is 9.83. The molecule has 3 rings (SSSR count). The third-order valence-electron chi connectivity index (χ3n) is 5.30. The van der Waals surface area contributed by atoms with Crippen LogP contribution in [-0.4, -0.2) is 13.1 Å². The Morgan fingerprint density at radius 3 is 2.74 bits per heavy atom. The summed E-state index contributed by atoms with van der Waals surface area (Å²) in [6.45, 7) is 0. The molecule has 104 valence electrons. The summed E-state index contributed by atoms with van der Waals surface area (Å²) in [6.07, 6.45) is 8.35. The summed E-state index contributed by atoms with van der Waals surface area (Å²) in [5, 5.41) is 4.42. The van der Waals surface area contributed by atoms with Crippen molar-refractivity contribution in [2.45, 2.75) is 44.6 Å². The van der Waals surface area contributed by atoms with Crippen LogP contribution >= 0.6 is 11.6 Å². The maximum absolute atomic E-state index is 6.28. The molecule has 0 heterocycles. The zero-order valence-corrected chi connectivity index (χ0v) is 12.5. The highest BCUT2D eigenvalue weighted by Gasteiger charge is 2.39. The number of benzene rings is 1. The van der Waals surface area contributed by atoms with Gasteiger partial charge in [-0.1, -0.05) is 36.2 Å². The predicted octanol–water partition coefficient (Wildman–Crippen LogP) is 4.30. The topological polar surface area (TPSA) is 12.0 Å². The first-order valence-corrected chi connectivity index (χ1v) is 8.04. The van der Waals surface area contributed by atoms with Crippen LogP contribution in [0.15, 0.2) is 24.3 Å². The number of nitrogens with one attached hydrogen (secondary N) is 1. The van der Waals surface area contributed by atoms with Crippen LogP contribution in [0.4, 0.5) is 0 Å². The molecule has 2 aliphatic carbocycles. The Balaban J connectivity index is 1.60. The molecule has 4 unspecified atom stereocenters. The van der Waals surface area contributed by atoms with Crippen molar-refractivity contribution in [3.8, 4) is 0 Å². The zero-order chi connectivity index (χ0) is 13.2. The molecule has 0 spiro atoms. The number of rotatable bonds is 5. The van der Waals surface area contributed by atoms with Crippen LogP contribution in [0.3, 0.4) is 0 Å². The van der Waals surface area contributed by atoms with Crippen molar-refractivity contribution in [2.24, 2.45) is 17.8 Å². The van der Waals surface area contributed by atoms with Crippen LogP contribution in [0.2, 0.25) is 5.02 Å². The molecule has 4 atom stereocenters. The van der Waals surface area contributed by atoms with Gasteiger partial charge in [-0.3, -0.25) is 0 Å². The summed E-state index contributed by atoms with van der Waals surface area (Å²) in [6, 6.07) is 8.83. The minimum Gasteiger partial charge on any atom is -0.317 e. The van der Waals surface area contributed by atoms with Gasteiger partial charge in [0.15, 0.2) is 0 Å². The minimum absolute atomic E-state index is 0.573. The van der Waals surface area contributed by atoms with Crippen molar-refractivity contribution in [1.29, 1.82) is 0 Å². The van der Waals surface area contributed by atoms with Gasteiger partial charge in [0, 0.05) is 11.1 Å². The Morgan fingerprint density at radius 2 is 2.11 bits per heavy atom. The van der Waals surface area contributed by atoms with Crippen LogP contribution in [0.1, 0.15) is 37.7 Å². The second-order valence-corrected chi connectivity index (χ2v) is 6.86. The standard InChI is InChI=1S/C17H24ClN/c1-19-16(10-14-4-2-3-5-17(14)18)11-15-9-12-6-7-13(15)8-12/h2-5,12-13,15-16,19H,6-11H2,1H3. The molecule has 0 aliphatic heterocycles. The van der Waals surface area contributed by atoms with Gasteiger partial charge in [0.05, 0.1) is 0 Å². The predicted molar refractivity (Wildman–Crippen MR) is 81.6 cm³/mol. The average molecular weight is 278 g/mol. The van der Waals surface area contributed by atoms with Gasteiger partial charge in [-0.2, -0.15) is 0 Å². The molecule has 1 aromatic rings. The van der Waals surface area contributed by atoms with Crippen LogP contribution in [0.5, 0.6) is 0 Å². The Morgan fingerprint density at radius 1 is 1.26 bits per heavy atom. The van der Waals surface area contributed by atoms with Crippen molar-refractivity contribution >= 4 is 11.6 Å². The number of hydrogen-bond donors (Lipinski definition) is 1. The number of hydrogen-bond acceptors (Lipinski definition) is 1. The molecule has 2 saturated carbocycles. The van der Waals surface area contributed by atoms with Gasteiger partial charge in [-0.15, -0.1) is 0 Å². The van der Waals surface area contributed by atoms with E-state index in [2.05, 4.69) is 24.5 Å². The van der Waals surface area contributed by atoms with Crippen LogP contribution in [0.25, 0.3) is 0 Å². The van der Waals surface area contributed by atoms with Crippen LogP contribution in [0, 0.1) is 17.8 Å². The van der Waals surface area contributed by atoms with E-state index in [1.807, 2.05) is 12.1 Å². The quantitative estimate of drug-likeness (QED) is 0.846. The Labute approximate surface area is 121 Å². The van der Waals surface area contributed by atoms with Gasteiger partial charge in [0.25, 0.3) is 0 Å². The summed E-state index contributed by atoms with van der Waals surface area (Å²) < 4.78 is 0. The lowest BCUT2D eigenvalue weighted by molar-refractivity contribution is 0.281. The van der Waals surface area contributed by atoms with Gasteiger partial charge in [0.1, 0.15) is 0 Å². The van der Waals surface area contributed by atoms with Crippen LogP contribution in [-0.2, 0) is 6.42 Å². The fraction of sp³-hybridized carbons (Fsp3) is 0.647. The van der Waals surface area contributed by atoms with E-state index in [0.717, 1.165) is 29.2 Å². The molecule has 0 amide bonds. The van der Waals surface area contributed by atoms with E-state index in [1.165, 1.54) is 37.7 Å².